The van der Waals surface area contributed by atoms with Gasteiger partial charge in [0.2, 0.25) is 0 Å². The van der Waals surface area contributed by atoms with Gasteiger partial charge in [0.25, 0.3) is 6.43 Å². The number of aromatic nitrogens is 1. The average molecular weight is 406 g/mol. The topological polar surface area (TPSA) is 88.3 Å². The van der Waals surface area contributed by atoms with Crippen LogP contribution in [-0.4, -0.2) is 28.2 Å². The Labute approximate surface area is 165 Å². The zero-order chi connectivity index (χ0) is 21.1. The minimum atomic E-state index is -2.86. The molecule has 1 aromatic carbocycles. The van der Waals surface area contributed by atoms with Crippen molar-refractivity contribution in [2.75, 3.05) is 17.6 Å². The molecule has 2 amide bonds. The molecular formula is C20H21F3N4O2. The number of hydrogen-bond donors (Lipinski definition) is 2. The summed E-state index contributed by atoms with van der Waals surface area (Å²) in [4.78, 5) is 30.4. The average Bonchev–Trinajstić information content (AvgIpc) is 2.69. The van der Waals surface area contributed by atoms with E-state index in [0.717, 1.165) is 24.2 Å². The highest BCUT2D eigenvalue weighted by atomic mass is 19.3. The Morgan fingerprint density at radius 1 is 1.24 bits per heavy atom. The molecule has 2 aromatic rings. The number of nitrogens with zero attached hydrogens (tertiary/aromatic N) is 2. The van der Waals surface area contributed by atoms with E-state index in [1.54, 1.807) is 12.1 Å². The fourth-order valence-corrected chi connectivity index (χ4v) is 3.46. The van der Waals surface area contributed by atoms with Gasteiger partial charge < -0.3 is 16.0 Å². The summed E-state index contributed by atoms with van der Waals surface area (Å²) in [5.41, 5.74) is 5.56. The first kappa shape index (κ1) is 20.6. The number of likely N-dealkylation sites (tertiary alicyclic amines) is 1. The maximum atomic E-state index is 13.2. The molecule has 1 fully saturated rings. The van der Waals surface area contributed by atoms with Crippen LogP contribution in [0.1, 0.15) is 43.4 Å². The van der Waals surface area contributed by atoms with Gasteiger partial charge in [0.15, 0.2) is 0 Å². The van der Waals surface area contributed by atoms with Crippen LogP contribution in [0.15, 0.2) is 36.5 Å². The van der Waals surface area contributed by atoms with Gasteiger partial charge in [0.1, 0.15) is 11.6 Å². The lowest BCUT2D eigenvalue weighted by atomic mass is 9.90. The molecule has 3 N–H and O–H groups in total. The summed E-state index contributed by atoms with van der Waals surface area (Å²) in [6.07, 6.45) is -0.263. The largest absolute Gasteiger partial charge is 0.383 e. The van der Waals surface area contributed by atoms with Crippen molar-refractivity contribution in [2.45, 2.75) is 32.2 Å². The molecule has 9 heteroatoms. The van der Waals surface area contributed by atoms with E-state index in [9.17, 15) is 22.8 Å². The van der Waals surface area contributed by atoms with E-state index in [1.807, 2.05) is 6.92 Å². The molecule has 0 aliphatic carbocycles. The van der Waals surface area contributed by atoms with Gasteiger partial charge in [0, 0.05) is 6.54 Å². The number of carbonyl (C=O) groups excluding carboxylic acids is 2. The Bertz CT molecular complexity index is 905. The van der Waals surface area contributed by atoms with Crippen molar-refractivity contribution in [3.8, 4) is 0 Å². The zero-order valence-electron chi connectivity index (χ0n) is 15.7. The molecular weight excluding hydrogens is 385 g/mol. The Balaban J connectivity index is 1.79. The number of anilines is 2. The number of piperidine rings is 1. The van der Waals surface area contributed by atoms with Gasteiger partial charge in [-0.3, -0.25) is 9.59 Å². The second kappa shape index (κ2) is 8.50. The SMILES string of the molecule is C[C@@H]1CC[C@@H](c2ccc(F)cc2)N(C(=O)C(=O)Nc2cnc(N)c(C(F)F)c2)C1. The first-order chi connectivity index (χ1) is 13.8. The van der Waals surface area contributed by atoms with Crippen molar-refractivity contribution in [3.05, 3.63) is 53.5 Å². The number of benzene rings is 1. The second-order valence-corrected chi connectivity index (χ2v) is 7.16. The molecule has 0 unspecified atom stereocenters. The number of amides is 2. The van der Waals surface area contributed by atoms with Gasteiger partial charge in [-0.2, -0.15) is 0 Å². The molecule has 0 spiro atoms. The molecule has 1 aromatic heterocycles. The molecule has 0 bridgehead atoms. The lowest BCUT2D eigenvalue weighted by Gasteiger charge is -2.38. The quantitative estimate of drug-likeness (QED) is 0.761. The number of rotatable bonds is 3. The first-order valence-electron chi connectivity index (χ1n) is 9.17. The molecule has 0 saturated carbocycles. The summed E-state index contributed by atoms with van der Waals surface area (Å²) in [5, 5.41) is 2.32. The number of nitrogens with two attached hydrogens (primary N) is 1. The molecule has 1 aliphatic heterocycles. The zero-order valence-corrected chi connectivity index (χ0v) is 15.7. The summed E-state index contributed by atoms with van der Waals surface area (Å²) in [7, 11) is 0. The van der Waals surface area contributed by atoms with Crippen LogP contribution in [0.2, 0.25) is 0 Å². The van der Waals surface area contributed by atoms with Crippen LogP contribution in [0.4, 0.5) is 24.7 Å². The fourth-order valence-electron chi connectivity index (χ4n) is 3.46. The van der Waals surface area contributed by atoms with E-state index >= 15 is 0 Å². The van der Waals surface area contributed by atoms with Crippen LogP contribution in [-0.2, 0) is 9.59 Å². The van der Waals surface area contributed by atoms with E-state index in [1.165, 1.54) is 17.0 Å². The van der Waals surface area contributed by atoms with Gasteiger partial charge in [-0.05, 0) is 42.5 Å². The molecule has 1 saturated heterocycles. The Morgan fingerprint density at radius 2 is 1.93 bits per heavy atom. The predicted molar refractivity (Wildman–Crippen MR) is 101 cm³/mol. The summed E-state index contributed by atoms with van der Waals surface area (Å²) < 4.78 is 39.2. The van der Waals surface area contributed by atoms with Crippen molar-refractivity contribution in [1.82, 2.24) is 9.88 Å². The number of alkyl halides is 2. The summed E-state index contributed by atoms with van der Waals surface area (Å²) in [6, 6.07) is 6.42. The maximum Gasteiger partial charge on any atom is 0.313 e. The van der Waals surface area contributed by atoms with Gasteiger partial charge in [0.05, 0.1) is 23.5 Å². The van der Waals surface area contributed by atoms with Gasteiger partial charge in [-0.1, -0.05) is 19.1 Å². The molecule has 154 valence electrons. The summed E-state index contributed by atoms with van der Waals surface area (Å²) in [6.45, 7) is 2.33. The van der Waals surface area contributed by atoms with Gasteiger partial charge >= 0.3 is 11.8 Å². The third kappa shape index (κ3) is 4.67. The van der Waals surface area contributed by atoms with Crippen molar-refractivity contribution in [1.29, 1.82) is 0 Å². The molecule has 2 atom stereocenters. The number of hydrogen-bond acceptors (Lipinski definition) is 4. The highest BCUT2D eigenvalue weighted by Crippen LogP contribution is 2.33. The number of carbonyl (C=O) groups is 2. The molecule has 29 heavy (non-hydrogen) atoms. The van der Waals surface area contributed by atoms with Crippen molar-refractivity contribution in [2.24, 2.45) is 5.92 Å². The first-order valence-corrected chi connectivity index (χ1v) is 9.17. The molecule has 2 heterocycles. The smallest absolute Gasteiger partial charge is 0.313 e. The normalized spacial score (nSPS) is 19.3. The van der Waals surface area contributed by atoms with Crippen LogP contribution in [0.5, 0.6) is 0 Å². The minimum Gasteiger partial charge on any atom is -0.383 e. The van der Waals surface area contributed by atoms with E-state index in [2.05, 4.69) is 10.3 Å². The van der Waals surface area contributed by atoms with Crippen LogP contribution in [0.25, 0.3) is 0 Å². The number of nitrogen functional groups attached to an aromatic ring is 1. The second-order valence-electron chi connectivity index (χ2n) is 7.16. The summed E-state index contributed by atoms with van der Waals surface area (Å²) in [5.74, 6) is -2.30. The van der Waals surface area contributed by atoms with Crippen molar-refractivity contribution in [3.63, 3.8) is 0 Å². The van der Waals surface area contributed by atoms with E-state index < -0.39 is 23.8 Å². The summed E-state index contributed by atoms with van der Waals surface area (Å²) >= 11 is 0. The minimum absolute atomic E-state index is 0.0451. The Kier molecular flexibility index (Phi) is 6.05. The Hall–Kier alpha value is -3.10. The molecule has 1 aliphatic rings. The van der Waals surface area contributed by atoms with E-state index in [4.69, 9.17) is 5.73 Å². The highest BCUT2D eigenvalue weighted by molar-refractivity contribution is 6.39. The van der Waals surface area contributed by atoms with Gasteiger partial charge in [-0.25, -0.2) is 18.2 Å². The number of halogens is 3. The maximum absolute atomic E-state index is 13.2. The van der Waals surface area contributed by atoms with Crippen LogP contribution in [0.3, 0.4) is 0 Å². The predicted octanol–water partition coefficient (Wildman–Crippen LogP) is 3.68. The third-order valence-electron chi connectivity index (χ3n) is 4.97. The molecule has 0 radical (unpaired) electrons. The van der Waals surface area contributed by atoms with Crippen LogP contribution in [0, 0.1) is 11.7 Å². The third-order valence-corrected chi connectivity index (χ3v) is 4.97. The molecule has 3 rings (SSSR count). The van der Waals surface area contributed by atoms with Crippen LogP contribution < -0.4 is 11.1 Å². The van der Waals surface area contributed by atoms with Crippen molar-refractivity contribution >= 4 is 23.3 Å². The number of nitrogens with one attached hydrogen (secondary N) is 1. The Morgan fingerprint density at radius 3 is 2.59 bits per heavy atom. The highest BCUT2D eigenvalue weighted by Gasteiger charge is 2.34. The lowest BCUT2D eigenvalue weighted by Crippen LogP contribution is -2.46. The monoisotopic (exact) mass is 406 g/mol. The molecule has 6 nitrogen and oxygen atoms in total. The van der Waals surface area contributed by atoms with Crippen LogP contribution >= 0.6 is 0 Å². The van der Waals surface area contributed by atoms with Gasteiger partial charge in [-0.15, -0.1) is 0 Å². The van der Waals surface area contributed by atoms with E-state index in [0.29, 0.717) is 13.0 Å². The lowest BCUT2D eigenvalue weighted by molar-refractivity contribution is -0.146. The van der Waals surface area contributed by atoms with Crippen molar-refractivity contribution < 1.29 is 22.8 Å². The standard InChI is InChI=1S/C20H21F3N4O2/c1-11-2-7-16(12-3-5-13(21)6-4-12)27(10-11)20(29)19(28)26-14-8-15(17(22)23)18(24)25-9-14/h3-6,8-9,11,16-17H,2,7,10H2,1H3,(H2,24,25)(H,26,28)/t11-,16+/m1/s1. The number of pyridine rings is 1. The van der Waals surface area contributed by atoms with E-state index in [-0.39, 0.29) is 29.3 Å². The fraction of sp³-hybridized carbons (Fsp3) is 0.350.